The highest BCUT2D eigenvalue weighted by molar-refractivity contribution is 6.28. The largest absolute Gasteiger partial charge is 0.228 e. The van der Waals surface area contributed by atoms with Gasteiger partial charge in [0.2, 0.25) is 5.28 Å². The molecule has 0 bridgehead atoms. The van der Waals surface area contributed by atoms with Crippen LogP contribution in [0.4, 0.5) is 0 Å². The van der Waals surface area contributed by atoms with E-state index in [1.54, 1.807) is 12.3 Å². The highest BCUT2D eigenvalue weighted by Gasteiger charge is 1.93. The number of aromatic nitrogens is 2. The number of hydrogen-bond acceptors (Lipinski definition) is 3. The Balaban J connectivity index is 2.75. The van der Waals surface area contributed by atoms with Gasteiger partial charge in [-0.2, -0.15) is 0 Å². The first kappa shape index (κ1) is 7.72. The van der Waals surface area contributed by atoms with Crippen LogP contribution >= 0.6 is 23.4 Å². The standard InChI is InChI=1S/C5H5Cl2N3/c6-5-8-2-1-4(10-5)3-9-7/h1-2,9H,3H2. The third-order valence-corrected chi connectivity index (χ3v) is 1.25. The minimum atomic E-state index is 0.240. The maximum atomic E-state index is 5.49. The fourth-order valence-corrected chi connectivity index (χ4v) is 0.838. The SMILES string of the molecule is ClNCc1ccnc(Cl)n1. The van der Waals surface area contributed by atoms with Gasteiger partial charge in [-0.25, -0.2) is 14.8 Å². The first-order valence-corrected chi connectivity index (χ1v) is 3.39. The zero-order valence-electron chi connectivity index (χ0n) is 5.01. The lowest BCUT2D eigenvalue weighted by atomic mass is 10.4. The highest BCUT2D eigenvalue weighted by Crippen LogP contribution is 2.00. The van der Waals surface area contributed by atoms with Gasteiger partial charge in [-0.1, -0.05) is 0 Å². The molecule has 0 unspecified atom stereocenters. The van der Waals surface area contributed by atoms with Crippen LogP contribution in [-0.2, 0) is 6.54 Å². The van der Waals surface area contributed by atoms with Crippen LogP contribution in [0, 0.1) is 0 Å². The lowest BCUT2D eigenvalue weighted by Gasteiger charge is -1.95. The zero-order valence-corrected chi connectivity index (χ0v) is 6.52. The van der Waals surface area contributed by atoms with E-state index in [-0.39, 0.29) is 5.28 Å². The second-order valence-electron chi connectivity index (χ2n) is 1.63. The Morgan fingerprint density at radius 2 is 2.40 bits per heavy atom. The lowest BCUT2D eigenvalue weighted by Crippen LogP contribution is -2.01. The molecule has 0 aromatic carbocycles. The van der Waals surface area contributed by atoms with Gasteiger partial charge in [-0.3, -0.25) is 0 Å². The van der Waals surface area contributed by atoms with Gasteiger partial charge in [0.1, 0.15) is 0 Å². The molecule has 54 valence electrons. The molecule has 0 radical (unpaired) electrons. The monoisotopic (exact) mass is 177 g/mol. The molecular weight excluding hydrogens is 173 g/mol. The average molecular weight is 178 g/mol. The quantitative estimate of drug-likeness (QED) is 0.548. The van der Waals surface area contributed by atoms with Crippen molar-refractivity contribution in [1.82, 2.24) is 14.8 Å². The molecule has 1 N–H and O–H groups in total. The van der Waals surface area contributed by atoms with Gasteiger partial charge in [0, 0.05) is 6.20 Å². The maximum absolute atomic E-state index is 5.49. The van der Waals surface area contributed by atoms with E-state index >= 15 is 0 Å². The van der Waals surface area contributed by atoms with Crippen LogP contribution in [0.5, 0.6) is 0 Å². The molecule has 0 aliphatic heterocycles. The van der Waals surface area contributed by atoms with Crippen LogP contribution in [0.3, 0.4) is 0 Å². The van der Waals surface area contributed by atoms with Crippen molar-refractivity contribution >= 4 is 23.4 Å². The van der Waals surface area contributed by atoms with Crippen LogP contribution in [0.15, 0.2) is 12.3 Å². The Morgan fingerprint density at radius 3 is 3.00 bits per heavy atom. The van der Waals surface area contributed by atoms with Crippen molar-refractivity contribution in [1.29, 1.82) is 0 Å². The van der Waals surface area contributed by atoms with Crippen LogP contribution in [-0.4, -0.2) is 9.97 Å². The molecule has 0 fully saturated rings. The molecule has 1 aromatic heterocycles. The van der Waals surface area contributed by atoms with E-state index in [4.69, 9.17) is 23.4 Å². The van der Waals surface area contributed by atoms with Gasteiger partial charge in [-0.15, -0.1) is 0 Å². The van der Waals surface area contributed by atoms with Crippen molar-refractivity contribution in [3.05, 3.63) is 23.2 Å². The molecule has 0 aliphatic rings. The molecule has 3 nitrogen and oxygen atoms in total. The summed E-state index contributed by atoms with van der Waals surface area (Å²) in [6.45, 7) is 0.490. The van der Waals surface area contributed by atoms with Crippen molar-refractivity contribution in [2.75, 3.05) is 0 Å². The summed E-state index contributed by atoms with van der Waals surface area (Å²) in [6.07, 6.45) is 1.58. The smallest absolute Gasteiger partial charge is 0.222 e. The molecule has 0 saturated carbocycles. The molecule has 0 saturated heterocycles. The zero-order chi connectivity index (χ0) is 7.40. The normalized spacial score (nSPS) is 9.80. The molecular formula is C5H5Cl2N3. The van der Waals surface area contributed by atoms with Gasteiger partial charge in [0.25, 0.3) is 0 Å². The molecule has 1 rings (SSSR count). The van der Waals surface area contributed by atoms with Gasteiger partial charge in [-0.05, 0) is 29.4 Å². The summed E-state index contributed by atoms with van der Waals surface area (Å²) in [4.78, 5) is 10.0. The van der Waals surface area contributed by atoms with E-state index in [1.165, 1.54) is 0 Å². The summed E-state index contributed by atoms with van der Waals surface area (Å²) < 4.78 is 0. The van der Waals surface area contributed by atoms with Gasteiger partial charge in [0.15, 0.2) is 0 Å². The van der Waals surface area contributed by atoms with E-state index in [0.717, 1.165) is 5.69 Å². The average Bonchev–Trinajstić information content (AvgIpc) is 1.88. The van der Waals surface area contributed by atoms with Gasteiger partial charge in [0.05, 0.1) is 12.2 Å². The van der Waals surface area contributed by atoms with E-state index in [2.05, 4.69) is 14.8 Å². The molecule has 0 spiro atoms. The van der Waals surface area contributed by atoms with Crippen molar-refractivity contribution in [2.45, 2.75) is 6.54 Å². The van der Waals surface area contributed by atoms with Crippen molar-refractivity contribution < 1.29 is 0 Å². The first-order chi connectivity index (χ1) is 4.83. The van der Waals surface area contributed by atoms with Crippen LogP contribution in [0.1, 0.15) is 5.69 Å². The number of nitrogens with one attached hydrogen (secondary N) is 1. The molecule has 1 heterocycles. The van der Waals surface area contributed by atoms with Gasteiger partial charge >= 0.3 is 0 Å². The number of rotatable bonds is 2. The fourth-order valence-electron chi connectivity index (χ4n) is 0.536. The van der Waals surface area contributed by atoms with Crippen LogP contribution < -0.4 is 4.84 Å². The summed E-state index contributed by atoms with van der Waals surface area (Å²) in [5.41, 5.74) is 0.773. The van der Waals surface area contributed by atoms with Crippen molar-refractivity contribution in [3.63, 3.8) is 0 Å². The lowest BCUT2D eigenvalue weighted by molar-refractivity contribution is 0.897. The van der Waals surface area contributed by atoms with Crippen LogP contribution in [0.2, 0.25) is 5.28 Å². The summed E-state index contributed by atoms with van der Waals surface area (Å²) in [6, 6.07) is 1.74. The predicted octanol–water partition coefficient (Wildman–Crippen LogP) is 1.37. The molecule has 1 aromatic rings. The summed E-state index contributed by atoms with van der Waals surface area (Å²) in [7, 11) is 0. The molecule has 0 atom stereocenters. The first-order valence-electron chi connectivity index (χ1n) is 2.64. The Hall–Kier alpha value is -0.380. The van der Waals surface area contributed by atoms with E-state index < -0.39 is 0 Å². The Kier molecular flexibility index (Phi) is 2.86. The summed E-state index contributed by atoms with van der Waals surface area (Å²) in [5.74, 6) is 0. The maximum Gasteiger partial charge on any atom is 0.222 e. The Morgan fingerprint density at radius 1 is 1.60 bits per heavy atom. The van der Waals surface area contributed by atoms with E-state index in [1.807, 2.05) is 0 Å². The Labute approximate surface area is 68.5 Å². The number of nitrogens with zero attached hydrogens (tertiary/aromatic N) is 2. The fraction of sp³-hybridized carbons (Fsp3) is 0.200. The van der Waals surface area contributed by atoms with Crippen molar-refractivity contribution in [3.8, 4) is 0 Å². The minimum Gasteiger partial charge on any atom is -0.228 e. The topological polar surface area (TPSA) is 37.8 Å². The highest BCUT2D eigenvalue weighted by atomic mass is 35.5. The van der Waals surface area contributed by atoms with E-state index in [9.17, 15) is 0 Å². The third-order valence-electron chi connectivity index (χ3n) is 0.932. The molecule has 0 aliphatic carbocycles. The van der Waals surface area contributed by atoms with E-state index in [0.29, 0.717) is 6.54 Å². The molecule has 10 heavy (non-hydrogen) atoms. The summed E-state index contributed by atoms with van der Waals surface area (Å²) in [5, 5.41) is 0.240. The second-order valence-corrected chi connectivity index (χ2v) is 2.23. The number of halogens is 2. The Bertz CT molecular complexity index is 216. The third kappa shape index (κ3) is 2.10. The van der Waals surface area contributed by atoms with Crippen LogP contribution in [0.25, 0.3) is 0 Å². The second kappa shape index (κ2) is 3.71. The number of hydrogen-bond donors (Lipinski definition) is 1. The molecule has 5 heteroatoms. The van der Waals surface area contributed by atoms with Gasteiger partial charge < -0.3 is 0 Å². The predicted molar refractivity (Wildman–Crippen MR) is 39.7 cm³/mol. The summed E-state index contributed by atoms with van der Waals surface area (Å²) >= 11 is 10.7. The molecule has 0 amide bonds. The van der Waals surface area contributed by atoms with Crippen molar-refractivity contribution in [2.24, 2.45) is 0 Å². The minimum absolute atomic E-state index is 0.240.